The van der Waals surface area contributed by atoms with Gasteiger partial charge in [-0.15, -0.1) is 15.3 Å². The molecule has 0 saturated heterocycles. The molecular weight excluding hydrogens is 260 g/mol. The van der Waals surface area contributed by atoms with Gasteiger partial charge in [0.15, 0.2) is 0 Å². The summed E-state index contributed by atoms with van der Waals surface area (Å²) in [7, 11) is 0. The molecule has 2 N–H and O–H groups in total. The van der Waals surface area contributed by atoms with Crippen molar-refractivity contribution in [3.05, 3.63) is 42.3 Å². The number of carbonyl (C=O) groups excluding carboxylic acids is 1. The molecule has 0 unspecified atom stereocenters. The Kier molecular flexibility index (Phi) is 2.96. The van der Waals surface area contributed by atoms with E-state index in [0.29, 0.717) is 23.0 Å². The number of rotatable bonds is 3. The van der Waals surface area contributed by atoms with Crippen molar-refractivity contribution in [2.75, 3.05) is 5.32 Å². The van der Waals surface area contributed by atoms with Crippen LogP contribution in [0.3, 0.4) is 0 Å². The van der Waals surface area contributed by atoms with E-state index in [2.05, 4.69) is 30.7 Å². The molecule has 3 aromatic rings. The highest BCUT2D eigenvalue weighted by Gasteiger charge is 2.12. The second-order valence-electron chi connectivity index (χ2n) is 4.02. The second-order valence-corrected chi connectivity index (χ2v) is 4.02. The highest BCUT2D eigenvalue weighted by Crippen LogP contribution is 2.20. The summed E-state index contributed by atoms with van der Waals surface area (Å²) in [6.07, 6.45) is 1.25. The van der Waals surface area contributed by atoms with Crippen molar-refractivity contribution < 1.29 is 9.21 Å². The van der Waals surface area contributed by atoms with Crippen LogP contribution in [0.4, 0.5) is 5.69 Å². The predicted octanol–water partition coefficient (Wildman–Crippen LogP) is 1.42. The summed E-state index contributed by atoms with van der Waals surface area (Å²) in [6, 6.07) is 7.06. The van der Waals surface area contributed by atoms with Gasteiger partial charge in [-0.25, -0.2) is 4.98 Å². The Morgan fingerprint density at radius 2 is 2.30 bits per heavy atom. The Bertz CT molecular complexity index is 734. The molecule has 0 saturated carbocycles. The van der Waals surface area contributed by atoms with E-state index in [0.717, 1.165) is 0 Å². The fraction of sp³-hybridized carbons (Fsp3) is 0.0833. The number of nitrogens with one attached hydrogen (secondary N) is 2. The van der Waals surface area contributed by atoms with Crippen molar-refractivity contribution in [2.45, 2.75) is 6.92 Å². The molecule has 0 fully saturated rings. The largest absolute Gasteiger partial charge is 0.423 e. The standard InChI is InChI=1S/C12H10N6O2/c1-7-14-10(17-16-7)11(19)15-9-4-2-3-8(5-9)12-18-13-6-20-12/h2-6H,1H3,(H,15,19)(H,14,16,17). The first-order chi connectivity index (χ1) is 9.72. The lowest BCUT2D eigenvalue weighted by Gasteiger charge is -2.03. The number of aromatic nitrogens is 5. The molecule has 0 bridgehead atoms. The van der Waals surface area contributed by atoms with Crippen molar-refractivity contribution in [3.8, 4) is 11.5 Å². The average molecular weight is 270 g/mol. The van der Waals surface area contributed by atoms with Crippen LogP contribution in [0.25, 0.3) is 11.5 Å². The van der Waals surface area contributed by atoms with Crippen LogP contribution in [-0.2, 0) is 0 Å². The van der Waals surface area contributed by atoms with E-state index >= 15 is 0 Å². The fourth-order valence-electron chi connectivity index (χ4n) is 1.66. The number of amides is 1. The van der Waals surface area contributed by atoms with Crippen LogP contribution in [0.1, 0.15) is 16.4 Å². The molecule has 100 valence electrons. The van der Waals surface area contributed by atoms with Gasteiger partial charge in [-0.05, 0) is 25.1 Å². The maximum absolute atomic E-state index is 11.9. The summed E-state index contributed by atoms with van der Waals surface area (Å²) in [5, 5.41) is 16.5. The minimum atomic E-state index is -0.392. The zero-order valence-electron chi connectivity index (χ0n) is 10.5. The van der Waals surface area contributed by atoms with Gasteiger partial charge in [-0.3, -0.25) is 9.89 Å². The lowest BCUT2D eigenvalue weighted by molar-refractivity contribution is 0.101. The topological polar surface area (TPSA) is 110 Å². The van der Waals surface area contributed by atoms with Gasteiger partial charge in [0.25, 0.3) is 5.91 Å². The molecule has 1 amide bonds. The molecule has 3 rings (SSSR count). The highest BCUT2D eigenvalue weighted by atomic mass is 16.4. The summed E-state index contributed by atoms with van der Waals surface area (Å²) >= 11 is 0. The van der Waals surface area contributed by atoms with E-state index in [1.165, 1.54) is 6.39 Å². The van der Waals surface area contributed by atoms with Crippen LogP contribution in [0.5, 0.6) is 0 Å². The summed E-state index contributed by atoms with van der Waals surface area (Å²) in [4.78, 5) is 15.9. The second kappa shape index (κ2) is 4.92. The van der Waals surface area contributed by atoms with E-state index in [1.807, 2.05) is 0 Å². The van der Waals surface area contributed by atoms with Gasteiger partial charge in [-0.2, -0.15) is 0 Å². The number of hydrogen-bond acceptors (Lipinski definition) is 6. The normalized spacial score (nSPS) is 10.4. The SMILES string of the molecule is Cc1nc(C(=O)Nc2cccc(-c3nnco3)c2)n[nH]1. The molecule has 20 heavy (non-hydrogen) atoms. The number of aromatic amines is 1. The number of nitrogens with zero attached hydrogens (tertiary/aromatic N) is 4. The monoisotopic (exact) mass is 270 g/mol. The van der Waals surface area contributed by atoms with Crippen LogP contribution in [0, 0.1) is 6.92 Å². The number of aryl methyl sites for hydroxylation is 1. The Labute approximate surface area is 113 Å². The molecule has 0 aliphatic carbocycles. The average Bonchev–Trinajstić information content (AvgIpc) is 3.10. The highest BCUT2D eigenvalue weighted by molar-refractivity contribution is 6.01. The molecule has 2 heterocycles. The maximum atomic E-state index is 11.9. The molecule has 0 atom stereocenters. The minimum absolute atomic E-state index is 0.0886. The summed E-state index contributed by atoms with van der Waals surface area (Å²) in [5.74, 6) is 0.660. The molecular formula is C12H10N6O2. The summed E-state index contributed by atoms with van der Waals surface area (Å²) < 4.78 is 5.10. The zero-order valence-corrected chi connectivity index (χ0v) is 10.5. The van der Waals surface area contributed by atoms with Crippen LogP contribution in [0.2, 0.25) is 0 Å². The Balaban J connectivity index is 1.81. The number of benzene rings is 1. The number of H-pyrrole nitrogens is 1. The first-order valence-corrected chi connectivity index (χ1v) is 5.79. The fourth-order valence-corrected chi connectivity index (χ4v) is 1.66. The third-order valence-corrected chi connectivity index (χ3v) is 2.53. The van der Waals surface area contributed by atoms with Crippen molar-refractivity contribution in [3.63, 3.8) is 0 Å². The number of carbonyl (C=O) groups is 1. The molecule has 2 aromatic heterocycles. The molecule has 1 aromatic carbocycles. The Morgan fingerprint density at radius 1 is 1.40 bits per heavy atom. The van der Waals surface area contributed by atoms with Crippen LogP contribution < -0.4 is 5.32 Å². The van der Waals surface area contributed by atoms with E-state index in [9.17, 15) is 4.79 Å². The van der Waals surface area contributed by atoms with Gasteiger partial charge in [0.1, 0.15) is 5.82 Å². The smallest absolute Gasteiger partial charge is 0.295 e. The molecule has 0 radical (unpaired) electrons. The van der Waals surface area contributed by atoms with Crippen LogP contribution in [-0.4, -0.2) is 31.3 Å². The van der Waals surface area contributed by atoms with Gasteiger partial charge >= 0.3 is 0 Å². The first-order valence-electron chi connectivity index (χ1n) is 5.79. The number of hydrogen-bond donors (Lipinski definition) is 2. The predicted molar refractivity (Wildman–Crippen MR) is 68.8 cm³/mol. The molecule has 0 spiro atoms. The van der Waals surface area contributed by atoms with Crippen LogP contribution >= 0.6 is 0 Å². The van der Waals surface area contributed by atoms with Crippen molar-refractivity contribution in [1.29, 1.82) is 0 Å². The molecule has 8 nitrogen and oxygen atoms in total. The van der Waals surface area contributed by atoms with E-state index in [1.54, 1.807) is 31.2 Å². The van der Waals surface area contributed by atoms with E-state index in [4.69, 9.17) is 4.42 Å². The lowest BCUT2D eigenvalue weighted by Crippen LogP contribution is -2.13. The van der Waals surface area contributed by atoms with Crippen molar-refractivity contribution in [2.24, 2.45) is 0 Å². The Morgan fingerprint density at radius 3 is 3.00 bits per heavy atom. The third-order valence-electron chi connectivity index (χ3n) is 2.53. The van der Waals surface area contributed by atoms with Gasteiger partial charge in [0, 0.05) is 11.3 Å². The molecule has 0 aliphatic heterocycles. The van der Waals surface area contributed by atoms with Gasteiger partial charge in [-0.1, -0.05) is 6.07 Å². The van der Waals surface area contributed by atoms with E-state index < -0.39 is 5.91 Å². The summed E-state index contributed by atoms with van der Waals surface area (Å²) in [5.41, 5.74) is 1.31. The third kappa shape index (κ3) is 2.39. The minimum Gasteiger partial charge on any atom is -0.423 e. The zero-order chi connectivity index (χ0) is 13.9. The van der Waals surface area contributed by atoms with Gasteiger partial charge in [0.05, 0.1) is 0 Å². The lowest BCUT2D eigenvalue weighted by atomic mass is 10.2. The van der Waals surface area contributed by atoms with Gasteiger partial charge < -0.3 is 9.73 Å². The molecule has 0 aliphatic rings. The van der Waals surface area contributed by atoms with Gasteiger partial charge in [0.2, 0.25) is 18.1 Å². The quantitative estimate of drug-likeness (QED) is 0.744. The molecule has 8 heteroatoms. The number of anilines is 1. The van der Waals surface area contributed by atoms with E-state index in [-0.39, 0.29) is 5.82 Å². The Hall–Kier alpha value is -3.03. The van der Waals surface area contributed by atoms with Crippen LogP contribution in [0.15, 0.2) is 35.1 Å². The van der Waals surface area contributed by atoms with Crippen molar-refractivity contribution >= 4 is 11.6 Å². The first kappa shape index (κ1) is 12.0. The summed E-state index contributed by atoms with van der Waals surface area (Å²) in [6.45, 7) is 1.72. The van der Waals surface area contributed by atoms with Crippen molar-refractivity contribution in [1.82, 2.24) is 25.4 Å². The maximum Gasteiger partial charge on any atom is 0.295 e.